The number of rotatable bonds is 6. The molecule has 4 aromatic rings. The molecule has 6 heteroatoms. The largest absolute Gasteiger partial charge is 0.495 e. The lowest BCUT2D eigenvalue weighted by molar-refractivity contribution is 0.169. The molecule has 0 saturated heterocycles. The van der Waals surface area contributed by atoms with Crippen LogP contribution in [0, 0.1) is 7.14 Å². The average molecular weight is 598 g/mol. The second-order valence-corrected chi connectivity index (χ2v) is 9.16. The van der Waals surface area contributed by atoms with E-state index in [9.17, 15) is 5.11 Å². The first-order chi connectivity index (χ1) is 13.6. The number of aliphatic hydroxyl groups is 1. The number of anilines is 1. The summed E-state index contributed by atoms with van der Waals surface area (Å²) in [6.45, 7) is 0.958. The fourth-order valence-corrected chi connectivity index (χ4v) is 4.52. The van der Waals surface area contributed by atoms with Gasteiger partial charge in [-0.05, 0) is 93.7 Å². The Morgan fingerprint density at radius 3 is 2.18 bits per heavy atom. The van der Waals surface area contributed by atoms with E-state index < -0.39 is 6.10 Å². The van der Waals surface area contributed by atoms with Crippen molar-refractivity contribution in [1.82, 2.24) is 4.57 Å². The first-order valence-electron chi connectivity index (χ1n) is 8.99. The average Bonchev–Trinajstić information content (AvgIpc) is 2.98. The molecule has 0 bridgehead atoms. The van der Waals surface area contributed by atoms with Gasteiger partial charge in [0, 0.05) is 35.5 Å². The van der Waals surface area contributed by atoms with Gasteiger partial charge in [-0.2, -0.15) is 0 Å². The molecule has 144 valence electrons. The van der Waals surface area contributed by atoms with Gasteiger partial charge in [0.15, 0.2) is 0 Å². The Kier molecular flexibility index (Phi) is 5.98. The Hall–Kier alpha value is -1.52. The van der Waals surface area contributed by atoms with Crippen molar-refractivity contribution in [3.63, 3.8) is 0 Å². The van der Waals surface area contributed by atoms with Crippen LogP contribution in [0.5, 0.6) is 5.75 Å². The number of benzene rings is 3. The molecule has 1 aromatic heterocycles. The van der Waals surface area contributed by atoms with Gasteiger partial charge in [-0.1, -0.05) is 12.1 Å². The second kappa shape index (κ2) is 8.46. The van der Waals surface area contributed by atoms with Crippen LogP contribution in [-0.2, 0) is 6.54 Å². The maximum absolute atomic E-state index is 10.7. The van der Waals surface area contributed by atoms with E-state index in [0.717, 1.165) is 22.5 Å². The van der Waals surface area contributed by atoms with Crippen LogP contribution in [0.15, 0.2) is 60.7 Å². The molecule has 0 fully saturated rings. The number of methoxy groups -OCH3 is 1. The Balaban J connectivity index is 1.63. The van der Waals surface area contributed by atoms with E-state index in [2.05, 4.69) is 91.5 Å². The van der Waals surface area contributed by atoms with Gasteiger partial charge in [0.25, 0.3) is 0 Å². The molecule has 4 rings (SSSR count). The van der Waals surface area contributed by atoms with Crippen molar-refractivity contribution >= 4 is 72.7 Å². The van der Waals surface area contributed by atoms with E-state index in [1.807, 2.05) is 24.3 Å². The summed E-state index contributed by atoms with van der Waals surface area (Å²) in [5, 5.41) is 16.5. The zero-order valence-corrected chi connectivity index (χ0v) is 19.6. The smallest absolute Gasteiger partial charge is 0.141 e. The van der Waals surface area contributed by atoms with Crippen molar-refractivity contribution in [3.05, 3.63) is 67.8 Å². The van der Waals surface area contributed by atoms with E-state index in [-0.39, 0.29) is 0 Å². The number of fused-ring (bicyclic) bond motifs is 3. The van der Waals surface area contributed by atoms with Crippen LogP contribution in [0.2, 0.25) is 0 Å². The van der Waals surface area contributed by atoms with Gasteiger partial charge in [0.1, 0.15) is 5.75 Å². The molecule has 0 aliphatic carbocycles. The van der Waals surface area contributed by atoms with Crippen LogP contribution in [0.25, 0.3) is 21.8 Å². The first-order valence-corrected chi connectivity index (χ1v) is 11.1. The maximum Gasteiger partial charge on any atom is 0.141 e. The predicted molar refractivity (Wildman–Crippen MR) is 132 cm³/mol. The Morgan fingerprint density at radius 1 is 0.964 bits per heavy atom. The van der Waals surface area contributed by atoms with E-state index >= 15 is 0 Å². The Labute approximate surface area is 191 Å². The Bertz CT molecular complexity index is 1080. The number of hydrogen-bond acceptors (Lipinski definition) is 3. The van der Waals surface area contributed by atoms with Crippen LogP contribution in [0.3, 0.4) is 0 Å². The Morgan fingerprint density at radius 2 is 1.57 bits per heavy atom. The van der Waals surface area contributed by atoms with E-state index in [0.29, 0.717) is 13.1 Å². The van der Waals surface area contributed by atoms with Gasteiger partial charge >= 0.3 is 0 Å². The summed E-state index contributed by atoms with van der Waals surface area (Å²) in [7, 11) is 1.65. The molecule has 0 amide bonds. The highest BCUT2D eigenvalue weighted by molar-refractivity contribution is 14.1. The van der Waals surface area contributed by atoms with Gasteiger partial charge < -0.3 is 19.7 Å². The molecule has 28 heavy (non-hydrogen) atoms. The second-order valence-electron chi connectivity index (χ2n) is 6.67. The van der Waals surface area contributed by atoms with Gasteiger partial charge in [-0.15, -0.1) is 0 Å². The zero-order chi connectivity index (χ0) is 19.7. The van der Waals surface area contributed by atoms with Crippen molar-refractivity contribution in [1.29, 1.82) is 0 Å². The summed E-state index contributed by atoms with van der Waals surface area (Å²) in [5.41, 5.74) is 3.18. The molecule has 4 nitrogen and oxygen atoms in total. The molecule has 0 spiro atoms. The normalized spacial score (nSPS) is 12.4. The summed E-state index contributed by atoms with van der Waals surface area (Å²) in [5.74, 6) is 0.774. The number of aromatic nitrogens is 1. The molecule has 1 atom stereocenters. The standard InChI is InChI=1S/C22H20I2N2O2/c1-28-22-5-3-2-4-19(22)25-12-16(27)13-26-20-8-6-14(23)10-17(20)18-11-15(24)7-9-21(18)26/h2-11,16,25,27H,12-13H2,1H3/t16-/m1/s1. The lowest BCUT2D eigenvalue weighted by atomic mass is 10.2. The van der Waals surface area contributed by atoms with E-state index in [1.54, 1.807) is 7.11 Å². The molecule has 0 aliphatic heterocycles. The van der Waals surface area contributed by atoms with Crippen molar-refractivity contribution in [2.45, 2.75) is 12.6 Å². The minimum absolute atomic E-state index is 0.441. The number of para-hydroxylation sites is 2. The van der Waals surface area contributed by atoms with E-state index in [4.69, 9.17) is 4.74 Å². The van der Waals surface area contributed by atoms with Gasteiger partial charge in [-0.25, -0.2) is 0 Å². The minimum Gasteiger partial charge on any atom is -0.495 e. The lowest BCUT2D eigenvalue weighted by Gasteiger charge is -2.17. The van der Waals surface area contributed by atoms with Crippen molar-refractivity contribution < 1.29 is 9.84 Å². The molecule has 1 heterocycles. The first kappa shape index (κ1) is 19.8. The molecule has 0 aliphatic rings. The lowest BCUT2D eigenvalue weighted by Crippen LogP contribution is -2.25. The van der Waals surface area contributed by atoms with Crippen LogP contribution in [0.4, 0.5) is 5.69 Å². The summed E-state index contributed by atoms with van der Waals surface area (Å²) < 4.78 is 10.0. The summed E-state index contributed by atoms with van der Waals surface area (Å²) in [6, 6.07) is 20.7. The predicted octanol–water partition coefficient (Wildman–Crippen LogP) is 5.49. The quantitative estimate of drug-likeness (QED) is 0.289. The maximum atomic E-state index is 10.7. The van der Waals surface area contributed by atoms with Crippen LogP contribution in [-0.4, -0.2) is 29.4 Å². The molecule has 0 saturated carbocycles. The molecular weight excluding hydrogens is 578 g/mol. The number of halogens is 2. The third-order valence-electron chi connectivity index (χ3n) is 4.82. The molecular formula is C22H20I2N2O2. The van der Waals surface area contributed by atoms with Crippen LogP contribution < -0.4 is 10.1 Å². The highest BCUT2D eigenvalue weighted by Crippen LogP contribution is 2.32. The molecule has 3 aromatic carbocycles. The van der Waals surface area contributed by atoms with Crippen molar-refractivity contribution in [3.8, 4) is 5.75 Å². The third-order valence-corrected chi connectivity index (χ3v) is 6.16. The zero-order valence-electron chi connectivity index (χ0n) is 15.3. The third kappa shape index (κ3) is 3.95. The summed E-state index contributed by atoms with van der Waals surface area (Å²) in [6.07, 6.45) is -0.540. The van der Waals surface area contributed by atoms with E-state index in [1.165, 1.54) is 17.9 Å². The van der Waals surface area contributed by atoms with Gasteiger partial charge in [-0.3, -0.25) is 0 Å². The SMILES string of the molecule is COc1ccccc1NC[C@@H](O)Cn1c2ccc(I)cc2c2cc(I)ccc21. The number of ether oxygens (including phenoxy) is 1. The van der Waals surface area contributed by atoms with Gasteiger partial charge in [0.05, 0.1) is 25.4 Å². The molecule has 0 unspecified atom stereocenters. The summed E-state index contributed by atoms with van der Waals surface area (Å²) in [4.78, 5) is 0. The van der Waals surface area contributed by atoms with Crippen molar-refractivity contribution in [2.75, 3.05) is 19.0 Å². The summed E-state index contributed by atoms with van der Waals surface area (Å²) >= 11 is 4.70. The number of aliphatic hydroxyl groups excluding tert-OH is 1. The molecule has 0 radical (unpaired) electrons. The van der Waals surface area contributed by atoms with Crippen LogP contribution in [0.1, 0.15) is 0 Å². The fraction of sp³-hybridized carbons (Fsp3) is 0.182. The van der Waals surface area contributed by atoms with Crippen molar-refractivity contribution in [2.24, 2.45) is 0 Å². The number of nitrogens with zero attached hydrogens (tertiary/aromatic N) is 1. The highest BCUT2D eigenvalue weighted by atomic mass is 127. The number of hydrogen-bond donors (Lipinski definition) is 2. The van der Waals surface area contributed by atoms with Gasteiger partial charge in [0.2, 0.25) is 0 Å². The number of nitrogens with one attached hydrogen (secondary N) is 1. The molecule has 2 N–H and O–H groups in total. The van der Waals surface area contributed by atoms with Crippen LogP contribution >= 0.6 is 45.2 Å². The highest BCUT2D eigenvalue weighted by Gasteiger charge is 2.15. The fourth-order valence-electron chi connectivity index (χ4n) is 3.54. The monoisotopic (exact) mass is 598 g/mol. The minimum atomic E-state index is -0.540. The topological polar surface area (TPSA) is 46.4 Å².